The van der Waals surface area contributed by atoms with Crippen LogP contribution in [-0.2, 0) is 17.9 Å². The van der Waals surface area contributed by atoms with Crippen molar-refractivity contribution in [1.82, 2.24) is 10.3 Å². The van der Waals surface area contributed by atoms with E-state index in [1.165, 1.54) is 11.3 Å². The standard InChI is InChI=1S/C20H18F3N3O2S/c21-20(22,23)13-28-11-15-8-6-14(7-9-15)10-24-18(27)26-19-25-17(12-29-19)16-4-2-1-3-5-16/h1-9,12H,10-11,13H2,(H2,24,25,26,27). The predicted molar refractivity (Wildman–Crippen MR) is 106 cm³/mol. The second-order valence-electron chi connectivity index (χ2n) is 6.14. The maximum absolute atomic E-state index is 12.1. The largest absolute Gasteiger partial charge is 0.411 e. The van der Waals surface area contributed by atoms with Crippen LogP contribution in [0.5, 0.6) is 0 Å². The molecule has 0 saturated carbocycles. The zero-order chi connectivity index (χ0) is 20.7. The zero-order valence-electron chi connectivity index (χ0n) is 15.2. The minimum Gasteiger partial charge on any atom is -0.367 e. The fraction of sp³-hybridized carbons (Fsp3) is 0.200. The van der Waals surface area contributed by atoms with Crippen molar-refractivity contribution >= 4 is 22.5 Å². The van der Waals surface area contributed by atoms with Crippen LogP contribution in [0, 0.1) is 0 Å². The van der Waals surface area contributed by atoms with Crippen molar-refractivity contribution in [3.8, 4) is 11.3 Å². The highest BCUT2D eigenvalue weighted by Crippen LogP contribution is 2.24. The summed E-state index contributed by atoms with van der Waals surface area (Å²) in [6.07, 6.45) is -4.34. The van der Waals surface area contributed by atoms with Crippen LogP contribution in [0.15, 0.2) is 60.0 Å². The number of rotatable bonds is 7. The van der Waals surface area contributed by atoms with Crippen LogP contribution in [-0.4, -0.2) is 23.8 Å². The smallest absolute Gasteiger partial charge is 0.367 e. The second-order valence-corrected chi connectivity index (χ2v) is 6.99. The van der Waals surface area contributed by atoms with E-state index >= 15 is 0 Å². The number of aromatic nitrogens is 1. The van der Waals surface area contributed by atoms with Crippen molar-refractivity contribution in [2.24, 2.45) is 0 Å². The molecule has 0 spiro atoms. The van der Waals surface area contributed by atoms with Crippen molar-refractivity contribution in [3.63, 3.8) is 0 Å². The van der Waals surface area contributed by atoms with E-state index in [4.69, 9.17) is 0 Å². The third kappa shape index (κ3) is 6.88. The molecule has 0 atom stereocenters. The number of urea groups is 1. The van der Waals surface area contributed by atoms with Gasteiger partial charge >= 0.3 is 12.2 Å². The lowest BCUT2D eigenvalue weighted by atomic mass is 10.1. The molecule has 1 aromatic heterocycles. The Hall–Kier alpha value is -2.91. The molecule has 2 amide bonds. The van der Waals surface area contributed by atoms with Gasteiger partial charge in [-0.3, -0.25) is 5.32 Å². The number of benzene rings is 2. The highest BCUT2D eigenvalue weighted by molar-refractivity contribution is 7.14. The van der Waals surface area contributed by atoms with Crippen molar-refractivity contribution in [2.45, 2.75) is 19.3 Å². The van der Waals surface area contributed by atoms with Crippen LogP contribution in [0.25, 0.3) is 11.3 Å². The lowest BCUT2D eigenvalue weighted by molar-refractivity contribution is -0.176. The molecule has 0 fully saturated rings. The Kier molecular flexibility index (Phi) is 6.84. The minimum absolute atomic E-state index is 0.124. The van der Waals surface area contributed by atoms with Crippen molar-refractivity contribution in [3.05, 3.63) is 71.1 Å². The molecular formula is C20H18F3N3O2S. The molecule has 3 aromatic rings. The number of hydrogen-bond donors (Lipinski definition) is 2. The third-order valence-corrected chi connectivity index (χ3v) is 4.56. The Morgan fingerprint density at radius 3 is 2.41 bits per heavy atom. The molecule has 5 nitrogen and oxygen atoms in total. The van der Waals surface area contributed by atoms with Gasteiger partial charge in [-0.25, -0.2) is 9.78 Å². The van der Waals surface area contributed by atoms with E-state index in [1.54, 1.807) is 24.3 Å². The number of carbonyl (C=O) groups is 1. The maximum Gasteiger partial charge on any atom is 0.411 e. The van der Waals surface area contributed by atoms with E-state index in [-0.39, 0.29) is 13.2 Å². The maximum atomic E-state index is 12.1. The molecule has 0 radical (unpaired) electrons. The first-order valence-electron chi connectivity index (χ1n) is 8.67. The topological polar surface area (TPSA) is 63.2 Å². The Bertz CT molecular complexity index is 928. The number of thiazole rings is 1. The lowest BCUT2D eigenvalue weighted by Gasteiger charge is -2.09. The van der Waals surface area contributed by atoms with Gasteiger partial charge in [-0.05, 0) is 11.1 Å². The molecule has 2 N–H and O–H groups in total. The van der Waals surface area contributed by atoms with Crippen molar-refractivity contribution < 1.29 is 22.7 Å². The molecule has 0 unspecified atom stereocenters. The van der Waals surface area contributed by atoms with E-state index in [1.807, 2.05) is 35.7 Å². The molecule has 0 aliphatic carbocycles. The summed E-state index contributed by atoms with van der Waals surface area (Å²) in [5.74, 6) is 0. The summed E-state index contributed by atoms with van der Waals surface area (Å²) in [5, 5.41) is 7.75. The predicted octanol–water partition coefficient (Wildman–Crippen LogP) is 5.21. The van der Waals surface area contributed by atoms with E-state index in [0.717, 1.165) is 16.8 Å². The van der Waals surface area contributed by atoms with Crippen LogP contribution in [0.1, 0.15) is 11.1 Å². The highest BCUT2D eigenvalue weighted by atomic mass is 32.1. The van der Waals surface area contributed by atoms with Gasteiger partial charge in [-0.2, -0.15) is 13.2 Å². The molecule has 0 aliphatic rings. The molecule has 0 aliphatic heterocycles. The SMILES string of the molecule is O=C(NCc1ccc(COCC(F)(F)F)cc1)Nc1nc(-c2ccccc2)cs1. The normalized spacial score (nSPS) is 11.3. The second kappa shape index (κ2) is 9.53. The van der Waals surface area contributed by atoms with Gasteiger partial charge in [0.15, 0.2) is 5.13 Å². The van der Waals surface area contributed by atoms with Gasteiger partial charge in [-0.15, -0.1) is 11.3 Å². The summed E-state index contributed by atoms with van der Waals surface area (Å²) in [5.41, 5.74) is 3.19. The van der Waals surface area contributed by atoms with Crippen molar-refractivity contribution in [1.29, 1.82) is 0 Å². The fourth-order valence-corrected chi connectivity index (χ4v) is 3.15. The number of alkyl halides is 3. The summed E-state index contributed by atoms with van der Waals surface area (Å²) in [6.45, 7) is -1.13. The summed E-state index contributed by atoms with van der Waals surface area (Å²) < 4.78 is 40.8. The number of carbonyl (C=O) groups excluding carboxylic acids is 1. The average molecular weight is 421 g/mol. The van der Waals surface area contributed by atoms with Gasteiger partial charge in [0.2, 0.25) is 0 Å². The first-order chi connectivity index (χ1) is 13.9. The van der Waals surface area contributed by atoms with Gasteiger partial charge in [0.25, 0.3) is 0 Å². The number of halogens is 3. The van der Waals surface area contributed by atoms with E-state index < -0.39 is 18.8 Å². The number of nitrogens with zero attached hydrogens (tertiary/aromatic N) is 1. The Morgan fingerprint density at radius 2 is 1.72 bits per heavy atom. The van der Waals surface area contributed by atoms with Gasteiger partial charge in [-0.1, -0.05) is 54.6 Å². The first-order valence-corrected chi connectivity index (χ1v) is 9.55. The van der Waals surface area contributed by atoms with E-state index in [9.17, 15) is 18.0 Å². The first kappa shape index (κ1) is 20.8. The number of hydrogen-bond acceptors (Lipinski definition) is 4. The van der Waals surface area contributed by atoms with Crippen LogP contribution in [0.2, 0.25) is 0 Å². The number of amides is 2. The minimum atomic E-state index is -4.34. The molecule has 3 rings (SSSR count). The summed E-state index contributed by atoms with van der Waals surface area (Å²) in [6, 6.07) is 16.0. The molecule has 29 heavy (non-hydrogen) atoms. The Morgan fingerprint density at radius 1 is 1.03 bits per heavy atom. The molecular weight excluding hydrogens is 403 g/mol. The molecule has 0 bridgehead atoms. The summed E-state index contributed by atoms with van der Waals surface area (Å²) in [7, 11) is 0. The average Bonchev–Trinajstić information content (AvgIpc) is 3.15. The van der Waals surface area contributed by atoms with E-state index in [2.05, 4.69) is 20.4 Å². The number of ether oxygens (including phenoxy) is 1. The fourth-order valence-electron chi connectivity index (χ4n) is 2.43. The molecule has 9 heteroatoms. The van der Waals surface area contributed by atoms with Gasteiger partial charge in [0.1, 0.15) is 6.61 Å². The highest BCUT2D eigenvalue weighted by Gasteiger charge is 2.27. The summed E-state index contributed by atoms with van der Waals surface area (Å²) >= 11 is 1.33. The van der Waals surface area contributed by atoms with Crippen LogP contribution in [0.3, 0.4) is 0 Å². The molecule has 2 aromatic carbocycles. The number of nitrogens with one attached hydrogen (secondary N) is 2. The summed E-state index contributed by atoms with van der Waals surface area (Å²) in [4.78, 5) is 16.4. The monoisotopic (exact) mass is 421 g/mol. The molecule has 1 heterocycles. The van der Waals surface area contributed by atoms with Crippen molar-refractivity contribution in [2.75, 3.05) is 11.9 Å². The van der Waals surface area contributed by atoms with Gasteiger partial charge in [0.05, 0.1) is 12.3 Å². The van der Waals surface area contributed by atoms with Crippen LogP contribution < -0.4 is 10.6 Å². The van der Waals surface area contributed by atoms with Crippen LogP contribution in [0.4, 0.5) is 23.1 Å². The van der Waals surface area contributed by atoms with Crippen LogP contribution >= 0.6 is 11.3 Å². The van der Waals surface area contributed by atoms with Gasteiger partial charge < -0.3 is 10.1 Å². The van der Waals surface area contributed by atoms with Gasteiger partial charge in [0, 0.05) is 17.5 Å². The molecule has 152 valence electrons. The quantitative estimate of drug-likeness (QED) is 0.550. The number of anilines is 1. The van der Waals surface area contributed by atoms with E-state index in [0.29, 0.717) is 10.7 Å². The lowest BCUT2D eigenvalue weighted by Crippen LogP contribution is -2.28. The Balaban J connectivity index is 1.44. The third-order valence-electron chi connectivity index (χ3n) is 3.80. The molecule has 0 saturated heterocycles. The Labute approximate surface area is 169 Å². The zero-order valence-corrected chi connectivity index (χ0v) is 16.0.